The van der Waals surface area contributed by atoms with Gasteiger partial charge in [-0.05, 0) is 37.2 Å². The maximum Gasteiger partial charge on any atom is 0.319 e. The van der Waals surface area contributed by atoms with E-state index in [1.54, 1.807) is 0 Å². The van der Waals surface area contributed by atoms with Gasteiger partial charge in [0.1, 0.15) is 0 Å². The molecule has 0 atom stereocenters. The van der Waals surface area contributed by atoms with E-state index in [1.807, 2.05) is 24.3 Å². The maximum absolute atomic E-state index is 11.7. The van der Waals surface area contributed by atoms with Crippen molar-refractivity contribution >= 4 is 11.7 Å². The number of benzene rings is 1. The van der Waals surface area contributed by atoms with E-state index in [9.17, 15) is 4.79 Å². The standard InChI is InChI=1S/C15H26N4O/c1-3-10-19(4-2)11-9-17-15(20)18-14-7-5-13(12-16)6-8-14/h5-8H,3-4,9-12,16H2,1-2H3,(H2,17,18,20). The van der Waals surface area contributed by atoms with Crippen LogP contribution in [0.4, 0.5) is 10.5 Å². The first-order valence-electron chi connectivity index (χ1n) is 7.25. The number of carbonyl (C=O) groups is 1. The molecule has 0 saturated heterocycles. The minimum atomic E-state index is -0.168. The summed E-state index contributed by atoms with van der Waals surface area (Å²) in [5.41, 5.74) is 7.36. The topological polar surface area (TPSA) is 70.4 Å². The molecule has 0 heterocycles. The van der Waals surface area contributed by atoms with Gasteiger partial charge in [-0.2, -0.15) is 0 Å². The van der Waals surface area contributed by atoms with Gasteiger partial charge < -0.3 is 21.3 Å². The molecule has 0 bridgehead atoms. The van der Waals surface area contributed by atoms with Crippen molar-refractivity contribution in [3.05, 3.63) is 29.8 Å². The number of amides is 2. The fourth-order valence-corrected chi connectivity index (χ4v) is 1.97. The molecule has 20 heavy (non-hydrogen) atoms. The molecule has 0 radical (unpaired) electrons. The highest BCUT2D eigenvalue weighted by Gasteiger charge is 2.03. The highest BCUT2D eigenvalue weighted by Crippen LogP contribution is 2.08. The van der Waals surface area contributed by atoms with Crippen molar-refractivity contribution in [1.29, 1.82) is 0 Å². The van der Waals surface area contributed by atoms with Crippen molar-refractivity contribution in [1.82, 2.24) is 10.2 Å². The number of nitrogens with zero attached hydrogens (tertiary/aromatic N) is 1. The van der Waals surface area contributed by atoms with Crippen LogP contribution in [-0.2, 0) is 6.54 Å². The molecular weight excluding hydrogens is 252 g/mol. The zero-order chi connectivity index (χ0) is 14.8. The van der Waals surface area contributed by atoms with Gasteiger partial charge >= 0.3 is 6.03 Å². The van der Waals surface area contributed by atoms with Crippen molar-refractivity contribution in [2.24, 2.45) is 5.73 Å². The summed E-state index contributed by atoms with van der Waals surface area (Å²) < 4.78 is 0. The van der Waals surface area contributed by atoms with Gasteiger partial charge in [0.15, 0.2) is 0 Å². The first-order chi connectivity index (χ1) is 9.69. The van der Waals surface area contributed by atoms with Crippen LogP contribution in [0.25, 0.3) is 0 Å². The van der Waals surface area contributed by atoms with Crippen molar-refractivity contribution in [3.8, 4) is 0 Å². The number of nitrogens with one attached hydrogen (secondary N) is 2. The zero-order valence-electron chi connectivity index (χ0n) is 12.5. The number of rotatable bonds is 8. The van der Waals surface area contributed by atoms with Crippen LogP contribution in [0.1, 0.15) is 25.8 Å². The molecule has 0 aliphatic carbocycles. The molecule has 1 aromatic carbocycles. The molecule has 5 heteroatoms. The van der Waals surface area contributed by atoms with E-state index >= 15 is 0 Å². The van der Waals surface area contributed by atoms with Crippen LogP contribution in [0.15, 0.2) is 24.3 Å². The van der Waals surface area contributed by atoms with E-state index in [0.717, 1.165) is 37.3 Å². The molecule has 0 fully saturated rings. The first-order valence-corrected chi connectivity index (χ1v) is 7.25. The Morgan fingerprint density at radius 3 is 2.45 bits per heavy atom. The number of hydrogen-bond acceptors (Lipinski definition) is 3. The molecule has 0 unspecified atom stereocenters. The second-order valence-corrected chi connectivity index (χ2v) is 4.72. The summed E-state index contributed by atoms with van der Waals surface area (Å²) in [4.78, 5) is 14.0. The Morgan fingerprint density at radius 1 is 1.20 bits per heavy atom. The van der Waals surface area contributed by atoms with Gasteiger partial charge in [-0.25, -0.2) is 4.79 Å². The SMILES string of the molecule is CCCN(CC)CCNC(=O)Nc1ccc(CN)cc1. The Kier molecular flexibility index (Phi) is 7.69. The fraction of sp³-hybridized carbons (Fsp3) is 0.533. The number of anilines is 1. The Hall–Kier alpha value is -1.59. The van der Waals surface area contributed by atoms with Crippen LogP contribution in [0.3, 0.4) is 0 Å². The van der Waals surface area contributed by atoms with Crippen molar-refractivity contribution < 1.29 is 4.79 Å². The monoisotopic (exact) mass is 278 g/mol. The van der Waals surface area contributed by atoms with Gasteiger partial charge in [-0.15, -0.1) is 0 Å². The van der Waals surface area contributed by atoms with Gasteiger partial charge in [0, 0.05) is 25.3 Å². The number of nitrogens with two attached hydrogens (primary N) is 1. The summed E-state index contributed by atoms with van der Waals surface area (Å²) >= 11 is 0. The van der Waals surface area contributed by atoms with Crippen LogP contribution in [0, 0.1) is 0 Å². The van der Waals surface area contributed by atoms with Crippen LogP contribution in [-0.4, -0.2) is 37.1 Å². The van der Waals surface area contributed by atoms with Gasteiger partial charge in [0.05, 0.1) is 0 Å². The van der Waals surface area contributed by atoms with Gasteiger partial charge in [-0.3, -0.25) is 0 Å². The highest BCUT2D eigenvalue weighted by molar-refractivity contribution is 5.89. The lowest BCUT2D eigenvalue weighted by Gasteiger charge is -2.19. The van der Waals surface area contributed by atoms with Crippen LogP contribution < -0.4 is 16.4 Å². The van der Waals surface area contributed by atoms with Crippen LogP contribution >= 0.6 is 0 Å². The number of likely N-dealkylation sites (N-methyl/N-ethyl adjacent to an activating group) is 1. The molecule has 1 rings (SSSR count). The average molecular weight is 278 g/mol. The molecule has 4 N–H and O–H groups in total. The Balaban J connectivity index is 2.28. The number of carbonyl (C=O) groups excluding carboxylic acids is 1. The summed E-state index contributed by atoms with van der Waals surface area (Å²) in [5.74, 6) is 0. The third-order valence-corrected chi connectivity index (χ3v) is 3.15. The molecule has 0 saturated carbocycles. The predicted molar refractivity (Wildman–Crippen MR) is 83.8 cm³/mol. The van der Waals surface area contributed by atoms with E-state index in [-0.39, 0.29) is 6.03 Å². The smallest absolute Gasteiger partial charge is 0.319 e. The molecule has 0 aliphatic rings. The van der Waals surface area contributed by atoms with E-state index in [4.69, 9.17) is 5.73 Å². The lowest BCUT2D eigenvalue weighted by atomic mass is 10.2. The molecule has 1 aromatic rings. The van der Waals surface area contributed by atoms with E-state index < -0.39 is 0 Å². The minimum Gasteiger partial charge on any atom is -0.337 e. The molecule has 2 amide bonds. The summed E-state index contributed by atoms with van der Waals surface area (Å²) in [5, 5.41) is 5.67. The Bertz CT molecular complexity index is 391. The zero-order valence-corrected chi connectivity index (χ0v) is 12.5. The van der Waals surface area contributed by atoms with Crippen molar-refractivity contribution in [2.45, 2.75) is 26.8 Å². The second kappa shape index (κ2) is 9.34. The summed E-state index contributed by atoms with van der Waals surface area (Å²) in [7, 11) is 0. The first kappa shape index (κ1) is 16.5. The van der Waals surface area contributed by atoms with Crippen LogP contribution in [0.2, 0.25) is 0 Å². The lowest BCUT2D eigenvalue weighted by Crippen LogP contribution is -2.37. The lowest BCUT2D eigenvalue weighted by molar-refractivity contribution is 0.246. The van der Waals surface area contributed by atoms with Crippen molar-refractivity contribution in [2.75, 3.05) is 31.5 Å². The molecule has 0 aromatic heterocycles. The second-order valence-electron chi connectivity index (χ2n) is 4.72. The normalized spacial score (nSPS) is 10.6. The largest absolute Gasteiger partial charge is 0.337 e. The average Bonchev–Trinajstić information content (AvgIpc) is 2.47. The Morgan fingerprint density at radius 2 is 1.90 bits per heavy atom. The quantitative estimate of drug-likeness (QED) is 0.681. The third kappa shape index (κ3) is 6.04. The van der Waals surface area contributed by atoms with E-state index in [0.29, 0.717) is 13.1 Å². The third-order valence-electron chi connectivity index (χ3n) is 3.15. The van der Waals surface area contributed by atoms with Gasteiger partial charge in [-0.1, -0.05) is 26.0 Å². The fourth-order valence-electron chi connectivity index (χ4n) is 1.97. The Labute approximate surface area is 121 Å². The molecule has 0 aliphatic heterocycles. The summed E-state index contributed by atoms with van der Waals surface area (Å²) in [6, 6.07) is 7.37. The van der Waals surface area contributed by atoms with E-state index in [2.05, 4.69) is 29.4 Å². The molecule has 112 valence electrons. The van der Waals surface area contributed by atoms with Gasteiger partial charge in [0.25, 0.3) is 0 Å². The number of urea groups is 1. The maximum atomic E-state index is 11.7. The van der Waals surface area contributed by atoms with Crippen LogP contribution in [0.5, 0.6) is 0 Å². The molecular formula is C15H26N4O. The van der Waals surface area contributed by atoms with E-state index in [1.165, 1.54) is 0 Å². The predicted octanol–water partition coefficient (Wildman–Crippen LogP) is 2.00. The number of hydrogen-bond donors (Lipinski definition) is 3. The van der Waals surface area contributed by atoms with Crippen molar-refractivity contribution in [3.63, 3.8) is 0 Å². The minimum absolute atomic E-state index is 0.168. The molecule has 0 spiro atoms. The molecule has 5 nitrogen and oxygen atoms in total. The summed E-state index contributed by atoms with van der Waals surface area (Å²) in [6.45, 7) is 8.42. The highest BCUT2D eigenvalue weighted by atomic mass is 16.2. The summed E-state index contributed by atoms with van der Waals surface area (Å²) in [6.07, 6.45) is 1.13. The van der Waals surface area contributed by atoms with Gasteiger partial charge in [0.2, 0.25) is 0 Å².